The van der Waals surface area contributed by atoms with Crippen molar-refractivity contribution in [1.29, 1.82) is 0 Å². The van der Waals surface area contributed by atoms with Crippen molar-refractivity contribution in [2.75, 3.05) is 12.0 Å². The molecule has 1 aliphatic heterocycles. The quantitative estimate of drug-likeness (QED) is 0.204. The largest absolute Gasteiger partial charge is 0.493 e. The first-order valence-corrected chi connectivity index (χ1v) is 11.5. The third kappa shape index (κ3) is 5.18. The van der Waals surface area contributed by atoms with Gasteiger partial charge in [0.1, 0.15) is 18.0 Å². The van der Waals surface area contributed by atoms with Gasteiger partial charge in [0.25, 0.3) is 11.8 Å². The molecule has 1 heterocycles. The van der Waals surface area contributed by atoms with Crippen LogP contribution in [-0.2, 0) is 22.6 Å². The number of rotatable bonds is 8. The van der Waals surface area contributed by atoms with Gasteiger partial charge >= 0.3 is 0 Å². The van der Waals surface area contributed by atoms with Crippen LogP contribution in [0.15, 0.2) is 85.0 Å². The summed E-state index contributed by atoms with van der Waals surface area (Å²) >= 11 is 5.15. The van der Waals surface area contributed by atoms with Gasteiger partial charge in [0.05, 0.1) is 12.8 Å². The number of methoxy groups -OCH3 is 1. The number of thiocarbonyl (C=S) groups is 1. The Balaban J connectivity index is 1.72. The second-order valence-corrected chi connectivity index (χ2v) is 8.27. The van der Waals surface area contributed by atoms with E-state index < -0.39 is 17.6 Å². The summed E-state index contributed by atoms with van der Waals surface area (Å²) in [5.74, 6) is -1.08. The van der Waals surface area contributed by atoms with Crippen LogP contribution in [0.25, 0.3) is 6.08 Å². The van der Waals surface area contributed by atoms with Crippen LogP contribution in [0.5, 0.6) is 11.5 Å². The van der Waals surface area contributed by atoms with Crippen LogP contribution in [0.4, 0.5) is 10.1 Å². The van der Waals surface area contributed by atoms with E-state index in [9.17, 15) is 14.0 Å². The molecule has 0 aromatic heterocycles. The Kier molecular flexibility index (Phi) is 7.56. The smallest absolute Gasteiger partial charge is 0.270 e. The van der Waals surface area contributed by atoms with E-state index in [4.69, 9.17) is 21.7 Å². The molecular weight excluding hydrogens is 479 g/mol. The number of hydrogen-bond acceptors (Lipinski definition) is 5. The molecule has 8 heteroatoms. The zero-order valence-electron chi connectivity index (χ0n) is 19.5. The Morgan fingerprint density at radius 2 is 1.81 bits per heavy atom. The first-order valence-electron chi connectivity index (χ1n) is 11.1. The predicted molar refractivity (Wildman–Crippen MR) is 140 cm³/mol. The number of carbonyl (C=O) groups excluding carboxylic acids is 2. The molecule has 0 spiro atoms. The molecule has 4 rings (SSSR count). The number of ether oxygens (including phenoxy) is 2. The van der Waals surface area contributed by atoms with Crippen molar-refractivity contribution in [3.8, 4) is 11.5 Å². The SMILES string of the molecule is C=CCc1cc(/C=C2\C(=O)NC(=S)N(c3ccccc3F)C2=O)cc(OC)c1OCc1ccccc1. The number of anilines is 1. The summed E-state index contributed by atoms with van der Waals surface area (Å²) in [5.41, 5.74) is 2.03. The van der Waals surface area contributed by atoms with E-state index in [2.05, 4.69) is 11.9 Å². The molecule has 1 N–H and O–H groups in total. The van der Waals surface area contributed by atoms with E-state index in [1.54, 1.807) is 24.3 Å². The minimum absolute atomic E-state index is 0.0482. The van der Waals surface area contributed by atoms with Gasteiger partial charge < -0.3 is 9.47 Å². The van der Waals surface area contributed by atoms with Crippen LogP contribution in [0, 0.1) is 5.82 Å². The van der Waals surface area contributed by atoms with E-state index in [1.165, 1.54) is 31.4 Å². The summed E-state index contributed by atoms with van der Waals surface area (Å²) in [6.45, 7) is 4.14. The highest BCUT2D eigenvalue weighted by atomic mass is 32.1. The second-order valence-electron chi connectivity index (χ2n) is 7.89. The number of halogens is 1. The zero-order chi connectivity index (χ0) is 25.7. The minimum atomic E-state index is -0.734. The lowest BCUT2D eigenvalue weighted by Gasteiger charge is -2.29. The maximum atomic E-state index is 14.4. The molecule has 1 fully saturated rings. The van der Waals surface area contributed by atoms with E-state index >= 15 is 0 Å². The number of benzene rings is 3. The van der Waals surface area contributed by atoms with Crippen LogP contribution >= 0.6 is 12.2 Å². The number of nitrogens with one attached hydrogen (secondary N) is 1. The van der Waals surface area contributed by atoms with E-state index in [1.807, 2.05) is 30.3 Å². The predicted octanol–water partition coefficient (Wildman–Crippen LogP) is 4.97. The van der Waals surface area contributed by atoms with Gasteiger partial charge in [0.2, 0.25) is 0 Å². The highest BCUT2D eigenvalue weighted by Gasteiger charge is 2.35. The molecule has 2 amide bonds. The third-order valence-electron chi connectivity index (χ3n) is 5.47. The highest BCUT2D eigenvalue weighted by molar-refractivity contribution is 7.80. The van der Waals surface area contributed by atoms with Crippen molar-refractivity contribution < 1.29 is 23.5 Å². The molecule has 3 aromatic rings. The molecule has 0 bridgehead atoms. The van der Waals surface area contributed by atoms with Gasteiger partial charge in [0.15, 0.2) is 16.6 Å². The average molecular weight is 503 g/mol. The maximum absolute atomic E-state index is 14.4. The van der Waals surface area contributed by atoms with Crippen LogP contribution in [0.1, 0.15) is 16.7 Å². The summed E-state index contributed by atoms with van der Waals surface area (Å²) < 4.78 is 26.1. The Bertz CT molecular complexity index is 1370. The number of hydrogen-bond donors (Lipinski definition) is 1. The fourth-order valence-electron chi connectivity index (χ4n) is 3.80. The van der Waals surface area contributed by atoms with Crippen molar-refractivity contribution in [1.82, 2.24) is 5.32 Å². The van der Waals surface area contributed by atoms with E-state index in [0.717, 1.165) is 16.0 Å². The van der Waals surface area contributed by atoms with Gasteiger partial charge in [-0.05, 0) is 60.1 Å². The van der Waals surface area contributed by atoms with Crippen LogP contribution in [-0.4, -0.2) is 24.0 Å². The average Bonchev–Trinajstić information content (AvgIpc) is 2.87. The number of allylic oxidation sites excluding steroid dienone is 1. The Labute approximate surface area is 213 Å². The lowest BCUT2D eigenvalue weighted by molar-refractivity contribution is -0.122. The van der Waals surface area contributed by atoms with E-state index in [-0.39, 0.29) is 16.4 Å². The maximum Gasteiger partial charge on any atom is 0.270 e. The molecule has 182 valence electrons. The number of nitrogens with zero attached hydrogens (tertiary/aromatic N) is 1. The van der Waals surface area contributed by atoms with Crippen molar-refractivity contribution in [3.05, 3.63) is 107 Å². The van der Waals surface area contributed by atoms with Gasteiger partial charge in [-0.25, -0.2) is 9.29 Å². The summed E-state index contributed by atoms with van der Waals surface area (Å²) in [4.78, 5) is 26.9. The van der Waals surface area contributed by atoms with Gasteiger partial charge in [0, 0.05) is 5.56 Å². The van der Waals surface area contributed by atoms with Crippen molar-refractivity contribution >= 4 is 40.9 Å². The molecule has 0 unspecified atom stereocenters. The van der Waals surface area contributed by atoms with Crippen LogP contribution in [0.2, 0.25) is 0 Å². The number of para-hydroxylation sites is 1. The first kappa shape index (κ1) is 24.8. The first-order chi connectivity index (χ1) is 17.4. The van der Waals surface area contributed by atoms with Crippen LogP contribution in [0.3, 0.4) is 0 Å². The van der Waals surface area contributed by atoms with Gasteiger partial charge in [-0.15, -0.1) is 6.58 Å². The summed E-state index contributed by atoms with van der Waals surface area (Å²) in [6, 6.07) is 18.9. The molecule has 0 atom stereocenters. The summed E-state index contributed by atoms with van der Waals surface area (Å²) in [6.07, 6.45) is 3.60. The lowest BCUT2D eigenvalue weighted by Crippen LogP contribution is -2.54. The molecular formula is C28H23FN2O4S. The molecule has 0 radical (unpaired) electrons. The second kappa shape index (κ2) is 11.0. The molecule has 6 nitrogen and oxygen atoms in total. The fourth-order valence-corrected chi connectivity index (χ4v) is 4.07. The van der Waals surface area contributed by atoms with Crippen molar-refractivity contribution in [2.24, 2.45) is 0 Å². The van der Waals surface area contributed by atoms with Crippen LogP contribution < -0.4 is 19.7 Å². The third-order valence-corrected chi connectivity index (χ3v) is 5.75. The number of carbonyl (C=O) groups is 2. The summed E-state index contributed by atoms with van der Waals surface area (Å²) in [7, 11) is 1.51. The number of amides is 2. The van der Waals surface area contributed by atoms with Crippen molar-refractivity contribution in [2.45, 2.75) is 13.0 Å². The molecule has 1 aliphatic rings. The topological polar surface area (TPSA) is 67.9 Å². The van der Waals surface area contributed by atoms with Gasteiger partial charge in [-0.3, -0.25) is 14.9 Å². The molecule has 36 heavy (non-hydrogen) atoms. The standard InChI is InChI=1S/C28H23FN2O4S/c1-3-9-20-14-19(16-24(34-2)25(20)35-17-18-10-5-4-6-11-18)15-21-26(32)30-28(36)31(27(21)33)23-13-8-7-12-22(23)29/h3-8,10-16H,1,9,17H2,2H3,(H,30,32,36)/b21-15+. The Hall–Kier alpha value is -4.30. The molecule has 3 aromatic carbocycles. The van der Waals surface area contributed by atoms with Gasteiger partial charge in [-0.1, -0.05) is 48.5 Å². The van der Waals surface area contributed by atoms with Crippen molar-refractivity contribution in [3.63, 3.8) is 0 Å². The Morgan fingerprint density at radius 3 is 2.50 bits per heavy atom. The molecule has 0 aliphatic carbocycles. The normalized spacial score (nSPS) is 14.6. The summed E-state index contributed by atoms with van der Waals surface area (Å²) in [5, 5.41) is 2.27. The van der Waals surface area contributed by atoms with E-state index in [0.29, 0.717) is 30.1 Å². The van der Waals surface area contributed by atoms with Gasteiger partial charge in [-0.2, -0.15) is 0 Å². The molecule has 1 saturated heterocycles. The Morgan fingerprint density at radius 1 is 1.08 bits per heavy atom. The zero-order valence-corrected chi connectivity index (χ0v) is 20.3. The fraction of sp³-hybridized carbons (Fsp3) is 0.107. The highest BCUT2D eigenvalue weighted by Crippen LogP contribution is 2.35. The minimum Gasteiger partial charge on any atom is -0.493 e. The monoisotopic (exact) mass is 502 g/mol. The lowest BCUT2D eigenvalue weighted by atomic mass is 10.0. The molecule has 0 saturated carbocycles.